The number of ether oxygens (including phenoxy) is 1. The number of amides is 1. The molecule has 0 aliphatic heterocycles. The number of nitrogens with zero attached hydrogens (tertiary/aromatic N) is 2. The Kier molecular flexibility index (Phi) is 5.47. The van der Waals surface area contributed by atoms with E-state index in [0.717, 1.165) is 17.2 Å². The number of furan rings is 1. The zero-order valence-electron chi connectivity index (χ0n) is 16.8. The number of anilines is 1. The summed E-state index contributed by atoms with van der Waals surface area (Å²) >= 11 is 0. The van der Waals surface area contributed by atoms with Crippen LogP contribution in [0.5, 0.6) is 5.75 Å². The lowest BCUT2D eigenvalue weighted by molar-refractivity contribution is 0.0995. The molecule has 0 atom stereocenters. The number of fused-ring (bicyclic) bond motifs is 1. The van der Waals surface area contributed by atoms with Crippen molar-refractivity contribution in [3.63, 3.8) is 0 Å². The van der Waals surface area contributed by atoms with Gasteiger partial charge in [-0.2, -0.15) is 0 Å². The molecular formula is C21H19N3O6S. The Bertz CT molecular complexity index is 1340. The average molecular weight is 441 g/mol. The first-order valence-electron chi connectivity index (χ1n) is 9.41. The number of para-hydroxylation sites is 1. The van der Waals surface area contributed by atoms with Crippen molar-refractivity contribution in [2.75, 3.05) is 18.2 Å². The van der Waals surface area contributed by atoms with Gasteiger partial charge in [0.25, 0.3) is 5.91 Å². The van der Waals surface area contributed by atoms with E-state index in [-0.39, 0.29) is 29.0 Å². The van der Waals surface area contributed by atoms with Crippen LogP contribution in [0.15, 0.2) is 62.3 Å². The number of carbonyl (C=O) groups excluding carboxylic acids is 1. The number of hydrogen-bond donors (Lipinski definition) is 1. The molecule has 4 aromatic rings. The topological polar surface area (TPSA) is 125 Å². The Balaban J connectivity index is 1.46. The quantitative estimate of drug-likeness (QED) is 0.462. The summed E-state index contributed by atoms with van der Waals surface area (Å²) in [6, 6.07) is 13.3. The number of benzene rings is 2. The Morgan fingerprint density at radius 2 is 1.87 bits per heavy atom. The summed E-state index contributed by atoms with van der Waals surface area (Å²) in [5.41, 5.74) is 1.27. The first-order chi connectivity index (χ1) is 14.8. The van der Waals surface area contributed by atoms with Gasteiger partial charge in [-0.25, -0.2) is 8.42 Å². The first-order valence-corrected chi connectivity index (χ1v) is 11.3. The number of hydrogen-bond acceptors (Lipinski definition) is 8. The maximum atomic E-state index is 12.5. The van der Waals surface area contributed by atoms with E-state index in [2.05, 4.69) is 15.5 Å². The predicted molar refractivity (Wildman–Crippen MR) is 112 cm³/mol. The lowest BCUT2D eigenvalue weighted by Gasteiger charge is -2.02. The van der Waals surface area contributed by atoms with Crippen molar-refractivity contribution < 1.29 is 26.8 Å². The normalized spacial score (nSPS) is 11.5. The maximum Gasteiger partial charge on any atom is 0.322 e. The third-order valence-electron chi connectivity index (χ3n) is 4.43. The molecule has 0 saturated heterocycles. The summed E-state index contributed by atoms with van der Waals surface area (Å²) in [5, 5.41) is 11.0. The fourth-order valence-electron chi connectivity index (χ4n) is 2.98. The second kappa shape index (κ2) is 8.23. The van der Waals surface area contributed by atoms with E-state index in [1.54, 1.807) is 24.3 Å². The van der Waals surface area contributed by atoms with Crippen molar-refractivity contribution in [1.29, 1.82) is 0 Å². The summed E-state index contributed by atoms with van der Waals surface area (Å²) in [6.45, 7) is 2.34. The van der Waals surface area contributed by atoms with Crippen LogP contribution in [0.1, 0.15) is 28.9 Å². The minimum Gasteiger partial charge on any atom is -0.490 e. The zero-order chi connectivity index (χ0) is 22.0. The van der Waals surface area contributed by atoms with Gasteiger partial charge in [0.2, 0.25) is 5.89 Å². The lowest BCUT2D eigenvalue weighted by atomic mass is 10.1. The van der Waals surface area contributed by atoms with Gasteiger partial charge in [0.05, 0.1) is 17.9 Å². The number of aromatic nitrogens is 2. The van der Waals surface area contributed by atoms with Crippen LogP contribution in [0.3, 0.4) is 0 Å². The standard InChI is InChI=1S/C21H19N3O6S/c1-3-28-16-6-4-5-14-12-17(29-19(14)16)20(25)22-21-24-23-18(30-21)11-13-7-9-15(10-8-13)31(2,26)27/h4-10,12H,3,11H2,1-2H3,(H,22,24,25). The number of sulfone groups is 1. The minimum absolute atomic E-state index is 0.0711. The van der Waals surface area contributed by atoms with Crippen LogP contribution in [0.2, 0.25) is 0 Å². The van der Waals surface area contributed by atoms with Gasteiger partial charge in [-0.3, -0.25) is 10.1 Å². The van der Waals surface area contributed by atoms with Crippen molar-refractivity contribution in [2.24, 2.45) is 0 Å². The molecule has 160 valence electrons. The molecule has 9 nitrogen and oxygen atoms in total. The molecular weight excluding hydrogens is 422 g/mol. The molecule has 1 amide bonds. The SMILES string of the molecule is CCOc1cccc2cc(C(=O)Nc3nnc(Cc4ccc(S(C)(=O)=O)cc4)o3)oc12. The second-order valence-electron chi connectivity index (χ2n) is 6.77. The molecule has 2 aromatic heterocycles. The van der Waals surface area contributed by atoms with Gasteiger partial charge in [-0.05, 0) is 36.8 Å². The third-order valence-corrected chi connectivity index (χ3v) is 5.55. The molecule has 10 heteroatoms. The van der Waals surface area contributed by atoms with Gasteiger partial charge in [0, 0.05) is 11.6 Å². The van der Waals surface area contributed by atoms with Crippen LogP contribution in [0.25, 0.3) is 11.0 Å². The predicted octanol–water partition coefficient (Wildman–Crippen LogP) is 3.46. The van der Waals surface area contributed by atoms with Crippen molar-refractivity contribution in [1.82, 2.24) is 10.2 Å². The molecule has 2 heterocycles. The highest BCUT2D eigenvalue weighted by Crippen LogP contribution is 2.29. The fraction of sp³-hybridized carbons (Fsp3) is 0.190. The van der Waals surface area contributed by atoms with Crippen molar-refractivity contribution >= 4 is 32.7 Å². The van der Waals surface area contributed by atoms with E-state index in [4.69, 9.17) is 13.6 Å². The Morgan fingerprint density at radius 1 is 1.10 bits per heavy atom. The molecule has 0 saturated carbocycles. The molecule has 0 bridgehead atoms. The van der Waals surface area contributed by atoms with Crippen LogP contribution in [0.4, 0.5) is 6.01 Å². The smallest absolute Gasteiger partial charge is 0.322 e. The molecule has 1 N–H and O–H groups in total. The molecule has 0 spiro atoms. The molecule has 31 heavy (non-hydrogen) atoms. The van der Waals surface area contributed by atoms with Crippen molar-refractivity contribution in [3.8, 4) is 5.75 Å². The Hall–Kier alpha value is -3.66. The molecule has 0 aliphatic rings. The fourth-order valence-corrected chi connectivity index (χ4v) is 3.61. The first kappa shape index (κ1) is 20.6. The molecule has 0 radical (unpaired) electrons. The van der Waals surface area contributed by atoms with E-state index >= 15 is 0 Å². The summed E-state index contributed by atoms with van der Waals surface area (Å²) in [4.78, 5) is 12.8. The van der Waals surface area contributed by atoms with Gasteiger partial charge in [-0.1, -0.05) is 29.4 Å². The third kappa shape index (κ3) is 4.58. The highest BCUT2D eigenvalue weighted by atomic mass is 32.2. The van der Waals surface area contributed by atoms with Gasteiger partial charge in [0.15, 0.2) is 26.9 Å². The van der Waals surface area contributed by atoms with Crippen LogP contribution in [-0.2, 0) is 16.3 Å². The second-order valence-corrected chi connectivity index (χ2v) is 8.78. The Labute approximate surface area is 177 Å². The van der Waals surface area contributed by atoms with E-state index in [1.165, 1.54) is 12.1 Å². The molecule has 0 aliphatic carbocycles. The number of nitrogens with one attached hydrogen (secondary N) is 1. The molecule has 2 aromatic carbocycles. The van der Waals surface area contributed by atoms with Crippen LogP contribution >= 0.6 is 0 Å². The molecule has 4 rings (SSSR count). The van der Waals surface area contributed by atoms with Gasteiger partial charge in [0.1, 0.15) is 0 Å². The van der Waals surface area contributed by atoms with Gasteiger partial charge >= 0.3 is 6.01 Å². The van der Waals surface area contributed by atoms with E-state index in [1.807, 2.05) is 19.1 Å². The van der Waals surface area contributed by atoms with E-state index in [9.17, 15) is 13.2 Å². The lowest BCUT2D eigenvalue weighted by Crippen LogP contribution is -2.11. The average Bonchev–Trinajstić information content (AvgIpc) is 3.35. The van der Waals surface area contributed by atoms with Gasteiger partial charge in [-0.15, -0.1) is 5.10 Å². The van der Waals surface area contributed by atoms with Crippen LogP contribution in [-0.4, -0.2) is 37.4 Å². The summed E-state index contributed by atoms with van der Waals surface area (Å²) in [7, 11) is -3.26. The Morgan fingerprint density at radius 3 is 2.58 bits per heavy atom. The zero-order valence-corrected chi connectivity index (χ0v) is 17.6. The monoisotopic (exact) mass is 441 g/mol. The summed E-state index contributed by atoms with van der Waals surface area (Å²) in [6.07, 6.45) is 1.43. The van der Waals surface area contributed by atoms with Crippen LogP contribution < -0.4 is 10.1 Å². The summed E-state index contributed by atoms with van der Waals surface area (Å²) < 4.78 is 39.7. The van der Waals surface area contributed by atoms with E-state index < -0.39 is 15.7 Å². The summed E-state index contributed by atoms with van der Waals surface area (Å²) in [5.74, 6) is 0.372. The largest absolute Gasteiger partial charge is 0.490 e. The minimum atomic E-state index is -3.26. The van der Waals surface area contributed by atoms with Crippen LogP contribution in [0, 0.1) is 0 Å². The highest BCUT2D eigenvalue weighted by Gasteiger charge is 2.18. The van der Waals surface area contributed by atoms with Crippen molar-refractivity contribution in [2.45, 2.75) is 18.2 Å². The number of carbonyl (C=O) groups is 1. The highest BCUT2D eigenvalue weighted by molar-refractivity contribution is 7.90. The van der Waals surface area contributed by atoms with Crippen molar-refractivity contribution in [3.05, 3.63) is 65.7 Å². The van der Waals surface area contributed by atoms with E-state index in [0.29, 0.717) is 17.9 Å². The van der Waals surface area contributed by atoms with Gasteiger partial charge < -0.3 is 13.6 Å². The maximum absolute atomic E-state index is 12.5. The number of rotatable bonds is 7. The molecule has 0 fully saturated rings. The molecule has 0 unspecified atom stereocenters.